The van der Waals surface area contributed by atoms with Gasteiger partial charge in [-0.3, -0.25) is 14.7 Å². The van der Waals surface area contributed by atoms with Crippen LogP contribution in [-0.4, -0.2) is 33.5 Å². The quantitative estimate of drug-likeness (QED) is 0.579. The maximum absolute atomic E-state index is 13.8. The fourth-order valence-electron chi connectivity index (χ4n) is 3.55. The molecule has 0 fully saturated rings. The first-order valence-corrected chi connectivity index (χ1v) is 7.90. The zero-order chi connectivity index (χ0) is 18.2. The molecule has 0 bridgehead atoms. The first-order valence-electron chi connectivity index (χ1n) is 7.90. The number of aliphatic hydroxyl groups is 1. The molecule has 3 rings (SSSR count). The van der Waals surface area contributed by atoms with E-state index in [-0.39, 0.29) is 13.0 Å². The second kappa shape index (κ2) is 6.33. The maximum Gasteiger partial charge on any atom is 0.313 e. The van der Waals surface area contributed by atoms with Crippen LogP contribution in [0, 0.1) is 11.7 Å². The molecule has 1 aliphatic rings. The molecule has 0 radical (unpaired) electrons. The lowest BCUT2D eigenvalue weighted by Crippen LogP contribution is -2.50. The highest BCUT2D eigenvalue weighted by Crippen LogP contribution is 2.44. The third kappa shape index (κ3) is 3.02. The molecule has 0 amide bonds. The summed E-state index contributed by atoms with van der Waals surface area (Å²) in [6.07, 6.45) is 1.49. The van der Waals surface area contributed by atoms with Crippen LogP contribution in [0.2, 0.25) is 0 Å². The Labute approximate surface area is 143 Å². The minimum absolute atomic E-state index is 0.0162. The summed E-state index contributed by atoms with van der Waals surface area (Å²) in [6.45, 7) is 4.99. The molecule has 0 saturated heterocycles. The van der Waals surface area contributed by atoms with Crippen LogP contribution in [0.15, 0.2) is 41.7 Å². The van der Waals surface area contributed by atoms with Crippen LogP contribution >= 0.6 is 0 Å². The van der Waals surface area contributed by atoms with Crippen molar-refractivity contribution >= 4 is 5.97 Å². The summed E-state index contributed by atoms with van der Waals surface area (Å²) in [5.41, 5.74) is -0.643. The molecular weight excluding hydrogens is 327 g/mol. The van der Waals surface area contributed by atoms with Crippen LogP contribution in [-0.2, 0) is 16.0 Å². The second-order valence-electron chi connectivity index (χ2n) is 6.43. The number of benzene rings is 1. The van der Waals surface area contributed by atoms with Crippen molar-refractivity contribution in [1.29, 1.82) is 0 Å². The largest absolute Gasteiger partial charge is 0.461 e. The molecule has 25 heavy (non-hydrogen) atoms. The van der Waals surface area contributed by atoms with E-state index in [9.17, 15) is 19.1 Å². The van der Waals surface area contributed by atoms with Crippen LogP contribution in [0.3, 0.4) is 0 Å². The minimum Gasteiger partial charge on any atom is -0.461 e. The van der Waals surface area contributed by atoms with Gasteiger partial charge in [0.15, 0.2) is 0 Å². The van der Waals surface area contributed by atoms with Crippen molar-refractivity contribution in [2.24, 2.45) is 5.92 Å². The van der Waals surface area contributed by atoms with E-state index in [1.54, 1.807) is 6.07 Å². The van der Waals surface area contributed by atoms with Crippen molar-refractivity contribution in [1.82, 2.24) is 10.2 Å². The highest BCUT2D eigenvalue weighted by molar-refractivity contribution is 5.77. The topological polar surface area (TPSA) is 95.2 Å². The van der Waals surface area contributed by atoms with Gasteiger partial charge in [-0.25, -0.2) is 4.39 Å². The molecule has 0 spiro atoms. The van der Waals surface area contributed by atoms with Gasteiger partial charge in [-0.2, -0.15) is 0 Å². The third-order valence-electron chi connectivity index (χ3n) is 4.55. The Balaban J connectivity index is 2.18. The van der Waals surface area contributed by atoms with Crippen molar-refractivity contribution in [2.75, 3.05) is 6.61 Å². The van der Waals surface area contributed by atoms with Crippen LogP contribution in [0.25, 0.3) is 0 Å². The lowest BCUT2D eigenvalue weighted by Gasteiger charge is -2.40. The fourth-order valence-corrected chi connectivity index (χ4v) is 3.55. The predicted octanol–water partition coefficient (Wildman–Crippen LogP) is 1.63. The molecule has 0 unspecified atom stereocenters. The summed E-state index contributed by atoms with van der Waals surface area (Å²) >= 11 is 0. The number of halogens is 1. The van der Waals surface area contributed by atoms with Gasteiger partial charge in [0.25, 0.3) is 5.56 Å². The van der Waals surface area contributed by atoms with Gasteiger partial charge >= 0.3 is 5.97 Å². The van der Waals surface area contributed by atoms with Crippen LogP contribution in [0.4, 0.5) is 4.39 Å². The molecule has 1 aliphatic carbocycles. The Bertz CT molecular complexity index is 868. The van der Waals surface area contributed by atoms with Crippen molar-refractivity contribution < 1.29 is 19.0 Å². The molecule has 0 saturated carbocycles. The minimum atomic E-state index is -1.48. The van der Waals surface area contributed by atoms with Gasteiger partial charge in [-0.15, -0.1) is 0 Å². The highest BCUT2D eigenvalue weighted by atomic mass is 19.1. The molecular formula is C18H19FN2O4. The number of carbonyl (C=O) groups excluding carboxylic acids is 1. The first kappa shape index (κ1) is 17.2. The SMILES string of the molecule is C=CCOC(=O)[C@@H]1[C@H](c2cccc(F)c2)c2c([nH][nH]c2=O)C[C@]1(C)O. The number of rotatable bonds is 4. The van der Waals surface area contributed by atoms with Crippen LogP contribution in [0.5, 0.6) is 0 Å². The van der Waals surface area contributed by atoms with E-state index >= 15 is 0 Å². The zero-order valence-electron chi connectivity index (χ0n) is 13.7. The Kier molecular flexibility index (Phi) is 4.34. The average molecular weight is 346 g/mol. The van der Waals surface area contributed by atoms with E-state index < -0.39 is 34.8 Å². The Morgan fingerprint density at radius 1 is 1.52 bits per heavy atom. The summed E-state index contributed by atoms with van der Waals surface area (Å²) < 4.78 is 18.9. The second-order valence-corrected chi connectivity index (χ2v) is 6.43. The van der Waals surface area contributed by atoms with Gasteiger partial charge in [0.2, 0.25) is 0 Å². The summed E-state index contributed by atoms with van der Waals surface area (Å²) in [5.74, 6) is -3.04. The number of aromatic amines is 2. The van der Waals surface area contributed by atoms with Crippen molar-refractivity contribution in [2.45, 2.75) is 24.9 Å². The standard InChI is InChI=1S/C18H19FN2O4/c1-3-7-25-17(23)15-13(10-5-4-6-11(19)8-10)14-12(9-18(15,2)24)20-21-16(14)22/h3-6,8,13,15,24H,1,7,9H2,2H3,(H2,20,21,22)/t13-,15+,18+/m1/s1. The predicted molar refractivity (Wildman–Crippen MR) is 88.6 cm³/mol. The highest BCUT2D eigenvalue weighted by Gasteiger charge is 2.51. The summed E-state index contributed by atoms with van der Waals surface area (Å²) in [6, 6.07) is 5.66. The lowest BCUT2D eigenvalue weighted by molar-refractivity contribution is -0.158. The van der Waals surface area contributed by atoms with E-state index in [0.717, 1.165) is 0 Å². The number of fused-ring (bicyclic) bond motifs is 1. The monoisotopic (exact) mass is 346 g/mol. The lowest BCUT2D eigenvalue weighted by atomic mass is 9.66. The van der Waals surface area contributed by atoms with E-state index in [1.165, 1.54) is 31.2 Å². The number of H-pyrrole nitrogens is 2. The smallest absolute Gasteiger partial charge is 0.313 e. The first-order chi connectivity index (χ1) is 11.8. The summed E-state index contributed by atoms with van der Waals surface area (Å²) in [4.78, 5) is 24.9. The molecule has 1 aromatic carbocycles. The third-order valence-corrected chi connectivity index (χ3v) is 4.55. The van der Waals surface area contributed by atoms with E-state index in [4.69, 9.17) is 4.74 Å². The average Bonchev–Trinajstić information content (AvgIpc) is 2.90. The van der Waals surface area contributed by atoms with Crippen LogP contribution in [0.1, 0.15) is 29.7 Å². The molecule has 3 atom stereocenters. The molecule has 6 nitrogen and oxygen atoms in total. The van der Waals surface area contributed by atoms with E-state index in [2.05, 4.69) is 16.8 Å². The van der Waals surface area contributed by atoms with Crippen molar-refractivity contribution in [3.05, 3.63) is 69.9 Å². The van der Waals surface area contributed by atoms with Crippen molar-refractivity contribution in [3.8, 4) is 0 Å². The van der Waals surface area contributed by atoms with E-state index in [0.29, 0.717) is 16.8 Å². The zero-order valence-corrected chi connectivity index (χ0v) is 13.7. The van der Waals surface area contributed by atoms with Gasteiger partial charge in [0.05, 0.1) is 11.5 Å². The Hall–Kier alpha value is -2.67. The molecule has 1 heterocycles. The van der Waals surface area contributed by atoms with Gasteiger partial charge in [0.1, 0.15) is 12.4 Å². The molecule has 3 N–H and O–H groups in total. The fraction of sp³-hybridized carbons (Fsp3) is 0.333. The number of hydrogen-bond donors (Lipinski definition) is 3. The number of aromatic nitrogens is 2. The number of nitrogens with one attached hydrogen (secondary N) is 2. The van der Waals surface area contributed by atoms with Gasteiger partial charge in [-0.1, -0.05) is 24.8 Å². The summed E-state index contributed by atoms with van der Waals surface area (Å²) in [5, 5.41) is 16.1. The molecule has 2 aromatic rings. The summed E-state index contributed by atoms with van der Waals surface area (Å²) in [7, 11) is 0. The molecule has 7 heteroatoms. The molecule has 132 valence electrons. The van der Waals surface area contributed by atoms with Gasteiger partial charge < -0.3 is 14.9 Å². The number of esters is 1. The normalized spacial score (nSPS) is 25.2. The van der Waals surface area contributed by atoms with Gasteiger partial charge in [-0.05, 0) is 24.6 Å². The van der Waals surface area contributed by atoms with E-state index in [1.807, 2.05) is 0 Å². The Morgan fingerprint density at radius 2 is 2.28 bits per heavy atom. The number of hydrogen-bond acceptors (Lipinski definition) is 4. The number of ether oxygens (including phenoxy) is 1. The van der Waals surface area contributed by atoms with Gasteiger partial charge in [0, 0.05) is 23.6 Å². The molecule has 0 aliphatic heterocycles. The maximum atomic E-state index is 13.8. The van der Waals surface area contributed by atoms with Crippen LogP contribution < -0.4 is 5.56 Å². The molecule has 1 aromatic heterocycles. The Morgan fingerprint density at radius 3 is 2.96 bits per heavy atom. The number of carbonyl (C=O) groups is 1. The van der Waals surface area contributed by atoms with Crippen molar-refractivity contribution in [3.63, 3.8) is 0 Å².